The molecule has 0 saturated heterocycles. The van der Waals surface area contributed by atoms with Gasteiger partial charge in [0.25, 0.3) is 0 Å². The number of rotatable bonds is 3. The Kier molecular flexibility index (Phi) is 3.06. The van der Waals surface area contributed by atoms with Gasteiger partial charge in [0, 0.05) is 23.9 Å². The summed E-state index contributed by atoms with van der Waals surface area (Å²) < 4.78 is 0. The molecule has 0 amide bonds. The van der Waals surface area contributed by atoms with Crippen LogP contribution in [0.25, 0.3) is 0 Å². The van der Waals surface area contributed by atoms with Gasteiger partial charge in [0.1, 0.15) is 0 Å². The first-order valence-electron chi connectivity index (χ1n) is 5.91. The molecule has 0 radical (unpaired) electrons. The van der Waals surface area contributed by atoms with E-state index in [2.05, 4.69) is 18.0 Å². The van der Waals surface area contributed by atoms with Gasteiger partial charge in [-0.3, -0.25) is 4.98 Å². The van der Waals surface area contributed by atoms with E-state index in [4.69, 9.17) is 5.73 Å². The zero-order valence-corrected chi connectivity index (χ0v) is 9.45. The van der Waals surface area contributed by atoms with Gasteiger partial charge in [0.2, 0.25) is 0 Å². The molecule has 1 aliphatic carbocycles. The molecule has 2 N–H and O–H groups in total. The smallest absolute Gasteiger partial charge is 0.0421 e. The van der Waals surface area contributed by atoms with E-state index < -0.39 is 0 Å². The second kappa shape index (κ2) is 4.31. The molecule has 1 saturated carbocycles. The van der Waals surface area contributed by atoms with Crippen molar-refractivity contribution in [1.82, 2.24) is 4.98 Å². The van der Waals surface area contributed by atoms with E-state index >= 15 is 0 Å². The first-order valence-corrected chi connectivity index (χ1v) is 5.91. The molecular formula is C13H20N2. The summed E-state index contributed by atoms with van der Waals surface area (Å²) in [7, 11) is 0. The Balaban J connectivity index is 2.00. The first-order chi connectivity index (χ1) is 7.22. The van der Waals surface area contributed by atoms with Crippen LogP contribution in [0.5, 0.6) is 0 Å². The summed E-state index contributed by atoms with van der Waals surface area (Å²) in [5, 5.41) is 0. The summed E-state index contributed by atoms with van der Waals surface area (Å²) in [5.74, 6) is 0.832. The van der Waals surface area contributed by atoms with Crippen LogP contribution in [0, 0.1) is 5.92 Å². The fraction of sp³-hybridized carbons (Fsp3) is 0.615. The van der Waals surface area contributed by atoms with Gasteiger partial charge >= 0.3 is 0 Å². The maximum atomic E-state index is 6.42. The summed E-state index contributed by atoms with van der Waals surface area (Å²) >= 11 is 0. The molecule has 2 rings (SSSR count). The summed E-state index contributed by atoms with van der Waals surface area (Å²) in [6.45, 7) is 2.26. The van der Waals surface area contributed by atoms with Crippen LogP contribution in [0.2, 0.25) is 0 Å². The van der Waals surface area contributed by atoms with Crippen LogP contribution in [0.4, 0.5) is 0 Å². The third-order valence-electron chi connectivity index (χ3n) is 3.58. The maximum Gasteiger partial charge on any atom is 0.0421 e. The first kappa shape index (κ1) is 10.6. The summed E-state index contributed by atoms with van der Waals surface area (Å²) in [6, 6.07) is 6.07. The second-order valence-electron chi connectivity index (χ2n) is 4.88. The minimum atomic E-state index is 0.00896. The van der Waals surface area contributed by atoms with Crippen molar-refractivity contribution in [3.8, 4) is 0 Å². The van der Waals surface area contributed by atoms with Crippen LogP contribution in [0.1, 0.15) is 38.3 Å². The van der Waals surface area contributed by atoms with Crippen molar-refractivity contribution in [3.05, 3.63) is 30.1 Å². The van der Waals surface area contributed by atoms with Crippen molar-refractivity contribution in [3.63, 3.8) is 0 Å². The Hall–Kier alpha value is -0.890. The molecule has 2 atom stereocenters. The number of hydrogen-bond donors (Lipinski definition) is 1. The lowest BCUT2D eigenvalue weighted by Crippen LogP contribution is -2.39. The van der Waals surface area contributed by atoms with Crippen LogP contribution in [-0.4, -0.2) is 10.5 Å². The number of nitrogens with two attached hydrogens (primary N) is 1. The molecule has 1 fully saturated rings. The molecule has 1 heterocycles. The number of nitrogens with zero attached hydrogens (tertiary/aromatic N) is 1. The number of pyridine rings is 1. The topological polar surface area (TPSA) is 38.9 Å². The minimum Gasteiger partial charge on any atom is -0.325 e. The average Bonchev–Trinajstić information content (AvgIpc) is 2.61. The van der Waals surface area contributed by atoms with Crippen LogP contribution in [0.15, 0.2) is 24.4 Å². The van der Waals surface area contributed by atoms with Gasteiger partial charge < -0.3 is 5.73 Å². The lowest BCUT2D eigenvalue weighted by molar-refractivity contribution is 0.403. The predicted octanol–water partition coefficient (Wildman–Crippen LogP) is 2.53. The molecule has 15 heavy (non-hydrogen) atoms. The van der Waals surface area contributed by atoms with Gasteiger partial charge in [0.15, 0.2) is 0 Å². The molecule has 0 spiro atoms. The van der Waals surface area contributed by atoms with Crippen molar-refractivity contribution in [2.45, 2.75) is 44.6 Å². The third-order valence-corrected chi connectivity index (χ3v) is 3.58. The Labute approximate surface area is 91.9 Å². The third kappa shape index (κ3) is 2.57. The summed E-state index contributed by atoms with van der Waals surface area (Å²) in [5.41, 5.74) is 7.56. The molecule has 0 aromatic carbocycles. The predicted molar refractivity (Wildman–Crippen MR) is 62.5 cm³/mol. The highest BCUT2D eigenvalue weighted by Crippen LogP contribution is 2.36. The molecule has 82 valence electrons. The molecule has 0 bridgehead atoms. The molecule has 0 aliphatic heterocycles. The van der Waals surface area contributed by atoms with E-state index in [1.54, 1.807) is 0 Å². The van der Waals surface area contributed by atoms with Crippen LogP contribution in [0.3, 0.4) is 0 Å². The Morgan fingerprint density at radius 1 is 1.53 bits per heavy atom. The fourth-order valence-corrected chi connectivity index (χ4v) is 2.64. The largest absolute Gasteiger partial charge is 0.325 e. The van der Waals surface area contributed by atoms with Crippen molar-refractivity contribution in [1.29, 1.82) is 0 Å². The van der Waals surface area contributed by atoms with Crippen molar-refractivity contribution >= 4 is 0 Å². The van der Waals surface area contributed by atoms with E-state index in [0.717, 1.165) is 24.5 Å². The molecule has 2 heteroatoms. The highest BCUT2D eigenvalue weighted by molar-refractivity contribution is 5.09. The lowest BCUT2D eigenvalue weighted by Gasteiger charge is -2.23. The standard InChI is InChI=1S/C13H20N2/c1-2-11-6-7-13(14,9-11)10-12-5-3-4-8-15-12/h3-5,8,11H,2,6-7,9-10,14H2,1H3. The fourth-order valence-electron chi connectivity index (χ4n) is 2.64. The van der Waals surface area contributed by atoms with Gasteiger partial charge in [0.05, 0.1) is 0 Å². The van der Waals surface area contributed by atoms with Gasteiger partial charge in [-0.1, -0.05) is 19.4 Å². The van der Waals surface area contributed by atoms with Gasteiger partial charge in [-0.2, -0.15) is 0 Å². The van der Waals surface area contributed by atoms with E-state index in [-0.39, 0.29) is 5.54 Å². The highest BCUT2D eigenvalue weighted by atomic mass is 14.8. The van der Waals surface area contributed by atoms with E-state index in [9.17, 15) is 0 Å². The van der Waals surface area contributed by atoms with Crippen molar-refractivity contribution in [2.75, 3.05) is 0 Å². The highest BCUT2D eigenvalue weighted by Gasteiger charge is 2.34. The second-order valence-corrected chi connectivity index (χ2v) is 4.88. The van der Waals surface area contributed by atoms with Gasteiger partial charge in [-0.15, -0.1) is 0 Å². The molecule has 1 aromatic rings. The maximum absolute atomic E-state index is 6.42. The summed E-state index contributed by atoms with van der Waals surface area (Å²) in [4.78, 5) is 4.36. The zero-order chi connectivity index (χ0) is 10.7. The summed E-state index contributed by atoms with van der Waals surface area (Å²) in [6.07, 6.45) is 7.67. The van der Waals surface area contributed by atoms with E-state index in [1.165, 1.54) is 19.3 Å². The normalized spacial score (nSPS) is 30.7. The van der Waals surface area contributed by atoms with E-state index in [1.807, 2.05) is 18.3 Å². The molecular weight excluding hydrogens is 184 g/mol. The average molecular weight is 204 g/mol. The number of hydrogen-bond acceptors (Lipinski definition) is 2. The molecule has 1 aromatic heterocycles. The quantitative estimate of drug-likeness (QED) is 0.821. The lowest BCUT2D eigenvalue weighted by atomic mass is 9.91. The Bertz CT molecular complexity index is 310. The van der Waals surface area contributed by atoms with Crippen molar-refractivity contribution in [2.24, 2.45) is 11.7 Å². The van der Waals surface area contributed by atoms with Gasteiger partial charge in [-0.25, -0.2) is 0 Å². The SMILES string of the molecule is CCC1CCC(N)(Cc2ccccn2)C1. The van der Waals surface area contributed by atoms with Crippen LogP contribution >= 0.6 is 0 Å². The number of aromatic nitrogens is 1. The Morgan fingerprint density at radius 3 is 3.00 bits per heavy atom. The molecule has 2 unspecified atom stereocenters. The van der Waals surface area contributed by atoms with E-state index in [0.29, 0.717) is 0 Å². The van der Waals surface area contributed by atoms with Crippen LogP contribution < -0.4 is 5.73 Å². The van der Waals surface area contributed by atoms with Crippen LogP contribution in [-0.2, 0) is 6.42 Å². The zero-order valence-electron chi connectivity index (χ0n) is 9.45. The van der Waals surface area contributed by atoms with Gasteiger partial charge in [-0.05, 0) is 37.3 Å². The molecule has 1 aliphatic rings. The molecule has 2 nitrogen and oxygen atoms in total. The minimum absolute atomic E-state index is 0.00896. The van der Waals surface area contributed by atoms with Crippen molar-refractivity contribution < 1.29 is 0 Å². The Morgan fingerprint density at radius 2 is 2.40 bits per heavy atom. The monoisotopic (exact) mass is 204 g/mol.